The molecule has 2 unspecified atom stereocenters. The number of ketones is 2. The molecule has 0 aliphatic heterocycles. The number of benzene rings is 1. The zero-order chi connectivity index (χ0) is 28.4. The number of anilines is 1. The second-order valence-corrected chi connectivity index (χ2v) is 10.3. The van der Waals surface area contributed by atoms with Crippen LogP contribution >= 0.6 is 11.6 Å². The molecule has 0 heterocycles. The van der Waals surface area contributed by atoms with E-state index < -0.39 is 69.9 Å². The van der Waals surface area contributed by atoms with Crippen LogP contribution in [0, 0.1) is 11.8 Å². The number of hydrogen-bond donors (Lipinski definition) is 6. The number of amides is 2. The molecule has 13 nitrogen and oxygen atoms in total. The Hall–Kier alpha value is -3.65. The average molecular weight is 551 g/mol. The first-order chi connectivity index (χ1) is 17.6. The zero-order valence-corrected chi connectivity index (χ0v) is 21.7. The van der Waals surface area contributed by atoms with E-state index in [0.717, 1.165) is 5.06 Å². The fraction of sp³-hybridized carbons (Fsp3) is 0.417. The normalized spacial score (nSPS) is 26.8. The maximum atomic E-state index is 13.8. The molecule has 0 aromatic heterocycles. The number of carbonyl (C=O) groups is 4. The molecule has 0 spiro atoms. The van der Waals surface area contributed by atoms with Crippen LogP contribution in [0.1, 0.15) is 17.5 Å². The summed E-state index contributed by atoms with van der Waals surface area (Å²) in [6.45, 7) is 0. The number of hydrogen-bond acceptors (Lipinski definition) is 11. The van der Waals surface area contributed by atoms with Gasteiger partial charge >= 0.3 is 6.09 Å². The van der Waals surface area contributed by atoms with E-state index in [-0.39, 0.29) is 34.7 Å². The summed E-state index contributed by atoms with van der Waals surface area (Å²) in [6.07, 6.45) is -0.988. The lowest BCUT2D eigenvalue weighted by molar-refractivity contribution is -0.153. The number of carbonyl (C=O) groups excluding carboxylic acids is 4. The highest BCUT2D eigenvalue weighted by Gasteiger charge is 2.64. The van der Waals surface area contributed by atoms with Crippen molar-refractivity contribution in [3.8, 4) is 5.75 Å². The number of halogens is 1. The summed E-state index contributed by atoms with van der Waals surface area (Å²) in [6, 6.07) is 0.219. The van der Waals surface area contributed by atoms with Gasteiger partial charge in [0.05, 0.1) is 16.6 Å². The molecule has 0 bridgehead atoms. The number of rotatable bonds is 4. The highest BCUT2D eigenvalue weighted by Crippen LogP contribution is 2.54. The molecule has 14 heteroatoms. The van der Waals surface area contributed by atoms with Crippen LogP contribution in [-0.4, -0.2) is 93.8 Å². The number of aliphatic hydroxyl groups excluding tert-OH is 2. The lowest BCUT2D eigenvalue weighted by Gasteiger charge is -2.50. The highest BCUT2D eigenvalue weighted by molar-refractivity contribution is 6.34. The smallest absolute Gasteiger partial charge is 0.430 e. The van der Waals surface area contributed by atoms with Crippen LogP contribution in [-0.2, 0) is 25.6 Å². The molecule has 3 aliphatic rings. The maximum absolute atomic E-state index is 13.8. The number of nitrogens with two attached hydrogens (primary N) is 1. The Bertz CT molecular complexity index is 1350. The Balaban J connectivity index is 1.89. The molecular formula is C24H27ClN4O9. The molecule has 0 saturated heterocycles. The molecular weight excluding hydrogens is 524 g/mol. The predicted octanol–water partition coefficient (Wildman–Crippen LogP) is 0.643. The molecule has 38 heavy (non-hydrogen) atoms. The van der Waals surface area contributed by atoms with Gasteiger partial charge in [0, 0.05) is 25.6 Å². The van der Waals surface area contributed by atoms with E-state index in [9.17, 15) is 39.6 Å². The number of likely N-dealkylation sites (N-methyl/N-ethyl adjacent to an activating group) is 1. The number of primary amides is 1. The summed E-state index contributed by atoms with van der Waals surface area (Å²) in [5, 5.41) is 47.9. The number of hydroxylamine groups is 2. The van der Waals surface area contributed by atoms with Gasteiger partial charge in [0.25, 0.3) is 5.91 Å². The van der Waals surface area contributed by atoms with Gasteiger partial charge in [-0.2, -0.15) is 0 Å². The van der Waals surface area contributed by atoms with Crippen molar-refractivity contribution in [2.45, 2.75) is 24.5 Å². The molecule has 1 fully saturated rings. The third-order valence-corrected chi connectivity index (χ3v) is 7.45. The number of fused-ring (bicyclic) bond motifs is 3. The number of Topliss-reactive ketones (excluding diaryl/α,β-unsaturated/α-hetero) is 2. The minimum Gasteiger partial charge on any atom is -0.508 e. The summed E-state index contributed by atoms with van der Waals surface area (Å²) in [7, 11) is 5.93. The van der Waals surface area contributed by atoms with E-state index in [2.05, 4.69) is 5.32 Å². The predicted molar refractivity (Wildman–Crippen MR) is 133 cm³/mol. The van der Waals surface area contributed by atoms with Crippen LogP contribution in [0.5, 0.6) is 5.75 Å². The molecule has 2 amide bonds. The number of nitrogens with one attached hydrogen (secondary N) is 1. The van der Waals surface area contributed by atoms with Crippen molar-refractivity contribution < 1.29 is 44.4 Å². The molecule has 1 aromatic rings. The van der Waals surface area contributed by atoms with E-state index in [1.807, 2.05) is 0 Å². The summed E-state index contributed by atoms with van der Waals surface area (Å²) in [4.78, 5) is 57.3. The summed E-state index contributed by atoms with van der Waals surface area (Å²) in [5.41, 5.74) is 1.17. The van der Waals surface area contributed by atoms with Crippen LogP contribution in [0.2, 0.25) is 5.02 Å². The first-order valence-electron chi connectivity index (χ1n) is 11.5. The van der Waals surface area contributed by atoms with Crippen LogP contribution < -0.4 is 11.1 Å². The van der Waals surface area contributed by atoms with Gasteiger partial charge in [0.1, 0.15) is 22.8 Å². The number of aliphatic hydroxyl groups is 3. The van der Waals surface area contributed by atoms with Gasteiger partial charge in [0.15, 0.2) is 17.1 Å². The molecule has 7 N–H and O–H groups in total. The van der Waals surface area contributed by atoms with Gasteiger partial charge in [-0.05, 0) is 44.5 Å². The summed E-state index contributed by atoms with van der Waals surface area (Å²) in [5.74, 6) is -7.78. The quantitative estimate of drug-likeness (QED) is 0.174. The summed E-state index contributed by atoms with van der Waals surface area (Å²) >= 11 is 6.30. The van der Waals surface area contributed by atoms with E-state index in [0.29, 0.717) is 5.56 Å². The van der Waals surface area contributed by atoms with Gasteiger partial charge in [-0.25, -0.2) is 4.79 Å². The highest BCUT2D eigenvalue weighted by atomic mass is 35.5. The first kappa shape index (κ1) is 27.4. The molecule has 204 valence electrons. The molecule has 0 radical (unpaired) electrons. The lowest BCUT2D eigenvalue weighted by Crippen LogP contribution is -2.65. The molecule has 4 rings (SSSR count). The van der Waals surface area contributed by atoms with Crippen molar-refractivity contribution >= 4 is 46.6 Å². The maximum Gasteiger partial charge on any atom is 0.430 e. The van der Waals surface area contributed by atoms with Crippen LogP contribution in [0.4, 0.5) is 10.5 Å². The lowest BCUT2D eigenvalue weighted by atomic mass is 9.57. The Labute approximate surface area is 221 Å². The van der Waals surface area contributed by atoms with E-state index in [1.165, 1.54) is 39.2 Å². The van der Waals surface area contributed by atoms with Gasteiger partial charge < -0.3 is 31.0 Å². The second-order valence-electron chi connectivity index (χ2n) is 9.89. The van der Waals surface area contributed by atoms with E-state index in [4.69, 9.17) is 22.2 Å². The monoisotopic (exact) mass is 550 g/mol. The minimum absolute atomic E-state index is 0.0562. The third-order valence-electron chi connectivity index (χ3n) is 7.16. The molecule has 4 atom stereocenters. The van der Waals surface area contributed by atoms with Crippen LogP contribution in [0.15, 0.2) is 23.0 Å². The van der Waals surface area contributed by atoms with Crippen molar-refractivity contribution in [3.05, 3.63) is 39.1 Å². The number of nitrogens with zero attached hydrogens (tertiary/aromatic N) is 2. The number of aromatic hydroxyl groups is 1. The fourth-order valence-electron chi connectivity index (χ4n) is 5.67. The van der Waals surface area contributed by atoms with Gasteiger partial charge in [-0.15, -0.1) is 5.06 Å². The fourth-order valence-corrected chi connectivity index (χ4v) is 5.94. The van der Waals surface area contributed by atoms with Crippen LogP contribution in [0.25, 0.3) is 5.76 Å². The van der Waals surface area contributed by atoms with Gasteiger partial charge in [0.2, 0.25) is 5.78 Å². The minimum atomic E-state index is -2.75. The van der Waals surface area contributed by atoms with Gasteiger partial charge in [-0.1, -0.05) is 11.6 Å². The largest absolute Gasteiger partial charge is 0.508 e. The molecule has 1 aromatic carbocycles. The van der Waals surface area contributed by atoms with Crippen molar-refractivity contribution in [1.29, 1.82) is 0 Å². The Morgan fingerprint density at radius 1 is 1.18 bits per heavy atom. The Morgan fingerprint density at radius 2 is 1.82 bits per heavy atom. The third kappa shape index (κ3) is 3.89. The zero-order valence-electron chi connectivity index (χ0n) is 20.9. The number of phenolic OH excluding ortho intramolecular Hbond substituents is 1. The molecule has 1 saturated carbocycles. The van der Waals surface area contributed by atoms with Gasteiger partial charge in [-0.3, -0.25) is 24.6 Å². The first-order valence-corrected chi connectivity index (χ1v) is 11.9. The SMILES string of the molecule is CN(C)OC(=O)Nc1c(Cl)cc2c(c1O)C(O)=C1C(=O)[C@]3(O)C(O)=C(C(N)=O)C(=O)[C@@H](N(C)C)C3CC1C2. The molecule has 3 aliphatic carbocycles. The van der Waals surface area contributed by atoms with Crippen molar-refractivity contribution in [1.82, 2.24) is 9.96 Å². The standard InChI is InChI=1S/C24H27ClN4O9/c1-28(2)16-10-6-8-5-9-7-11(25)15(27-23(36)38-29(3)4)18(31)12(9)17(30)13(8)20(33)24(10,37)21(34)14(19(16)32)22(26)35/h7-8,10,16,30-31,34,37H,5-6H2,1-4H3,(H2,26,35)(H,27,36)/t8?,10?,16-,24-/m0/s1. The average Bonchev–Trinajstić information content (AvgIpc) is 2.78. The van der Waals surface area contributed by atoms with Crippen molar-refractivity contribution in [3.63, 3.8) is 0 Å². The summed E-state index contributed by atoms with van der Waals surface area (Å²) < 4.78 is 0. The van der Waals surface area contributed by atoms with Crippen molar-refractivity contribution in [2.75, 3.05) is 33.5 Å². The Kier molecular flexibility index (Phi) is 6.68. The Morgan fingerprint density at radius 3 is 2.37 bits per heavy atom. The second kappa shape index (κ2) is 9.27. The number of phenols is 1. The van der Waals surface area contributed by atoms with Crippen LogP contribution in [0.3, 0.4) is 0 Å². The van der Waals surface area contributed by atoms with E-state index >= 15 is 0 Å². The van der Waals surface area contributed by atoms with Crippen molar-refractivity contribution in [2.24, 2.45) is 17.6 Å². The van der Waals surface area contributed by atoms with E-state index in [1.54, 1.807) is 0 Å². The topological polar surface area (TPSA) is 203 Å².